The summed E-state index contributed by atoms with van der Waals surface area (Å²) in [7, 11) is 0. The normalized spacial score (nSPS) is 51.0. The molecule has 25 atom stereocenters. The molecule has 0 bridgehead atoms. The number of fused-ring (bicyclic) bond motifs is 7. The minimum atomic E-state index is -1.80. The lowest BCUT2D eigenvalue weighted by atomic mass is 9.33. The molecule has 4 saturated carbocycles. The second kappa shape index (κ2) is 20.8. The van der Waals surface area contributed by atoms with E-state index in [0.717, 1.165) is 18.4 Å². The Balaban J connectivity index is 1.10. The number of allylic oxidation sites excluding steroid dienone is 3. The first kappa shape index (κ1) is 57.9. The van der Waals surface area contributed by atoms with Crippen LogP contribution in [0.25, 0.3) is 0 Å². The van der Waals surface area contributed by atoms with Gasteiger partial charge in [-0.25, -0.2) is 4.79 Å². The van der Waals surface area contributed by atoms with Crippen LogP contribution in [0.3, 0.4) is 0 Å². The lowest BCUT2D eigenvalue weighted by Crippen LogP contribution is -2.72. The molecule has 20 nitrogen and oxygen atoms in total. The molecule has 0 unspecified atom stereocenters. The molecule has 0 aromatic carbocycles. The number of ether oxygens (including phenoxy) is 8. The molecule has 20 heteroatoms. The molecule has 8 aliphatic rings. The summed E-state index contributed by atoms with van der Waals surface area (Å²) in [4.78, 5) is 25.8. The first-order chi connectivity index (χ1) is 34.5. The Morgan fingerprint density at radius 1 is 0.757 bits per heavy atom. The Morgan fingerprint density at radius 2 is 1.42 bits per heavy atom. The van der Waals surface area contributed by atoms with Gasteiger partial charge in [0, 0.05) is 17.9 Å². The highest BCUT2D eigenvalue weighted by molar-refractivity contribution is 5.87. The molecule has 0 aromatic heterocycles. The molecule has 3 heterocycles. The van der Waals surface area contributed by atoms with Crippen LogP contribution in [0.1, 0.15) is 121 Å². The van der Waals surface area contributed by atoms with Gasteiger partial charge in [0.15, 0.2) is 18.9 Å². The second-order valence-electron chi connectivity index (χ2n) is 25.2. The summed E-state index contributed by atoms with van der Waals surface area (Å²) in [5, 5.41) is 112. The lowest BCUT2D eigenvalue weighted by molar-refractivity contribution is -0.394. The average molecular weight is 1060 g/mol. The Bertz CT molecular complexity index is 2120. The van der Waals surface area contributed by atoms with Crippen LogP contribution in [-0.2, 0) is 47.5 Å². The van der Waals surface area contributed by atoms with Crippen molar-refractivity contribution in [3.8, 4) is 0 Å². The first-order valence-electron chi connectivity index (χ1n) is 26.8. The number of hydrogen-bond acceptors (Lipinski definition) is 20. The van der Waals surface area contributed by atoms with Crippen molar-refractivity contribution < 1.29 is 98.5 Å². The Hall–Kier alpha value is -2.22. The number of carbonyl (C=O) groups excluding carboxylic acids is 2. The summed E-state index contributed by atoms with van der Waals surface area (Å²) in [5.74, 6) is -1.39. The summed E-state index contributed by atoms with van der Waals surface area (Å²) in [5.41, 5.74) is -2.42. The van der Waals surface area contributed by atoms with Crippen molar-refractivity contribution in [1.82, 2.24) is 0 Å². The summed E-state index contributed by atoms with van der Waals surface area (Å²) in [6.07, 6.45) is -17.6. The fraction of sp³-hybridized carbons (Fsp3) is 0.889. The molecule has 0 radical (unpaired) electrons. The highest BCUT2D eigenvalue weighted by Crippen LogP contribution is 2.76. The van der Waals surface area contributed by atoms with Gasteiger partial charge in [-0.1, -0.05) is 66.2 Å². The number of aliphatic hydroxyl groups is 10. The fourth-order valence-corrected chi connectivity index (χ4v) is 15.8. The maximum Gasteiger partial charge on any atom is 0.333 e. The summed E-state index contributed by atoms with van der Waals surface area (Å²) in [6.45, 7) is 19.9. The zero-order valence-electron chi connectivity index (χ0n) is 44.9. The van der Waals surface area contributed by atoms with Crippen LogP contribution in [0, 0.1) is 50.2 Å². The van der Waals surface area contributed by atoms with Gasteiger partial charge < -0.3 is 89.0 Å². The standard InChI is InChI=1S/C54H86O20/c1-12-24(2)45(66)74-44-43(65)54(23-68-26(4)56)28(19-49(44,5)6)27-13-14-32-51(9)17-16-34(50(7,8)31(51)15-18-52(32,10)53(27,11)20-33(54)58)71-48-42(73-46-39(63)36(60)29(57)22-67-46)41(37(61)30(21-55)70-48)72-47-40(64)38(62)35(59)25(3)69-47/h12-13,25,28-44,46-48,55,57-65H,14-23H2,1-11H3/t25-,28+,29+,30+,31-,32+,33+,34-,35-,36-,37+,38+,39+,40+,41-,42+,43-,44-,46-,47+,48-,51-,52+,53+,54-/m0/s1. The van der Waals surface area contributed by atoms with Gasteiger partial charge in [0.25, 0.3) is 0 Å². The highest BCUT2D eigenvalue weighted by Gasteiger charge is 2.73. The molecule has 0 amide bonds. The molecule has 74 heavy (non-hydrogen) atoms. The third-order valence-electron chi connectivity index (χ3n) is 20.5. The van der Waals surface area contributed by atoms with E-state index in [0.29, 0.717) is 31.3 Å². The topological polar surface area (TPSA) is 310 Å². The Labute approximate surface area is 434 Å². The van der Waals surface area contributed by atoms with Crippen molar-refractivity contribution in [3.63, 3.8) is 0 Å². The van der Waals surface area contributed by atoms with Gasteiger partial charge in [-0.15, -0.1) is 0 Å². The summed E-state index contributed by atoms with van der Waals surface area (Å²) < 4.78 is 49.1. The molecular weight excluding hydrogens is 969 g/mol. The van der Waals surface area contributed by atoms with Gasteiger partial charge in [-0.05, 0) is 105 Å². The average Bonchev–Trinajstić information content (AvgIpc) is 3.33. The largest absolute Gasteiger partial charge is 0.465 e. The van der Waals surface area contributed by atoms with Crippen molar-refractivity contribution in [3.05, 3.63) is 23.3 Å². The van der Waals surface area contributed by atoms with Crippen molar-refractivity contribution in [1.29, 1.82) is 0 Å². The fourth-order valence-electron chi connectivity index (χ4n) is 15.8. The minimum Gasteiger partial charge on any atom is -0.465 e. The molecule has 0 spiro atoms. The second-order valence-corrected chi connectivity index (χ2v) is 25.2. The molecule has 8 rings (SSSR count). The third-order valence-corrected chi connectivity index (χ3v) is 20.5. The van der Waals surface area contributed by atoms with E-state index in [1.54, 1.807) is 19.9 Å². The molecule has 0 aromatic rings. The van der Waals surface area contributed by atoms with Gasteiger partial charge in [0.2, 0.25) is 0 Å². The Morgan fingerprint density at radius 3 is 2.07 bits per heavy atom. The maximum atomic E-state index is 13.3. The van der Waals surface area contributed by atoms with Gasteiger partial charge >= 0.3 is 11.9 Å². The maximum absolute atomic E-state index is 13.3. The zero-order valence-corrected chi connectivity index (χ0v) is 44.9. The third kappa shape index (κ3) is 9.26. The van der Waals surface area contributed by atoms with Gasteiger partial charge in [0.1, 0.15) is 79.9 Å². The molecule has 5 aliphatic carbocycles. The van der Waals surface area contributed by atoms with Crippen molar-refractivity contribution >= 4 is 11.9 Å². The molecule has 10 N–H and O–H groups in total. The van der Waals surface area contributed by atoms with Crippen molar-refractivity contribution in [2.24, 2.45) is 50.2 Å². The number of esters is 2. The predicted molar refractivity (Wildman–Crippen MR) is 260 cm³/mol. The number of rotatable bonds is 11. The van der Waals surface area contributed by atoms with E-state index >= 15 is 0 Å². The SMILES string of the molecule is CC=C(C)C(=O)O[C@H]1[C@H](O)[C@]2(COC(C)=O)[C@H](O)C[C@]3(C)C(=CC[C@@H]4[C@@]5(C)CC[C@H](O[C@@H]6O[C@H](CO)[C@@H](O)[C@H](O[C@H]7O[C@@H](C)[C@H](O)[C@@H](O)[C@H]7O)[C@H]6O[C@@H]6OC[C@@H](O)[C@H](O)[C@H]6O)C(C)(C)[C@@H]5CC[C@]43C)[C@H]2CC1(C)C. The smallest absolute Gasteiger partial charge is 0.333 e. The summed E-state index contributed by atoms with van der Waals surface area (Å²) in [6, 6.07) is 0. The number of aliphatic hydroxyl groups excluding tert-OH is 10. The van der Waals surface area contributed by atoms with Crippen LogP contribution < -0.4 is 0 Å². The van der Waals surface area contributed by atoms with Crippen molar-refractivity contribution in [2.45, 2.75) is 232 Å². The van der Waals surface area contributed by atoms with E-state index in [4.69, 9.17) is 37.9 Å². The van der Waals surface area contributed by atoms with E-state index in [1.807, 2.05) is 13.8 Å². The minimum absolute atomic E-state index is 0.0445. The monoisotopic (exact) mass is 1050 g/mol. The lowest BCUT2D eigenvalue weighted by Gasteiger charge is -2.72. The van der Waals surface area contributed by atoms with E-state index in [-0.39, 0.29) is 35.7 Å². The van der Waals surface area contributed by atoms with Crippen LogP contribution in [-0.4, -0.2) is 193 Å². The van der Waals surface area contributed by atoms with Gasteiger partial charge in [-0.3, -0.25) is 4.79 Å². The predicted octanol–water partition coefficient (Wildman–Crippen LogP) is 1.28. The van der Waals surface area contributed by atoms with Gasteiger partial charge in [0.05, 0.1) is 36.9 Å². The van der Waals surface area contributed by atoms with Gasteiger partial charge in [-0.2, -0.15) is 0 Å². The van der Waals surface area contributed by atoms with Crippen LogP contribution >= 0.6 is 0 Å². The number of carbonyl (C=O) groups is 2. The van der Waals surface area contributed by atoms with Crippen LogP contribution in [0.2, 0.25) is 0 Å². The number of hydrogen-bond donors (Lipinski definition) is 10. The van der Waals surface area contributed by atoms with E-state index in [1.165, 1.54) is 13.8 Å². The van der Waals surface area contributed by atoms with Crippen molar-refractivity contribution in [2.75, 3.05) is 19.8 Å². The van der Waals surface area contributed by atoms with E-state index in [2.05, 4.69) is 40.7 Å². The molecule has 7 fully saturated rings. The molecular formula is C54H86O20. The van der Waals surface area contributed by atoms with Crippen LogP contribution in [0.4, 0.5) is 0 Å². The molecule has 3 aliphatic heterocycles. The quantitative estimate of drug-likeness (QED) is 0.0603. The Kier molecular flexibility index (Phi) is 16.3. The summed E-state index contributed by atoms with van der Waals surface area (Å²) >= 11 is 0. The van der Waals surface area contributed by atoms with Crippen LogP contribution in [0.5, 0.6) is 0 Å². The van der Waals surface area contributed by atoms with E-state index < -0.39 is 163 Å². The van der Waals surface area contributed by atoms with Crippen LogP contribution in [0.15, 0.2) is 23.3 Å². The molecule has 422 valence electrons. The van der Waals surface area contributed by atoms with E-state index in [9.17, 15) is 60.7 Å². The first-order valence-corrected chi connectivity index (χ1v) is 26.8. The molecule has 3 saturated heterocycles. The zero-order chi connectivity index (χ0) is 54.6. The highest BCUT2D eigenvalue weighted by atomic mass is 16.8.